The van der Waals surface area contributed by atoms with Gasteiger partial charge >= 0.3 is 0 Å². The van der Waals surface area contributed by atoms with E-state index >= 15 is 0 Å². The van der Waals surface area contributed by atoms with E-state index in [4.69, 9.17) is 0 Å². The summed E-state index contributed by atoms with van der Waals surface area (Å²) in [4.78, 5) is 17.4. The van der Waals surface area contributed by atoms with Crippen molar-refractivity contribution >= 4 is 24.0 Å². The van der Waals surface area contributed by atoms with Crippen molar-refractivity contribution in [1.29, 1.82) is 0 Å². The molecule has 2 aromatic carbocycles. The Morgan fingerprint density at radius 3 is 2.19 bits per heavy atom. The number of amides is 1. The maximum absolute atomic E-state index is 12.7. The lowest BCUT2D eigenvalue weighted by atomic mass is 10.0. The largest absolute Gasteiger partial charge is 0.309 e. The van der Waals surface area contributed by atoms with Crippen molar-refractivity contribution < 1.29 is 4.79 Å². The topological polar surface area (TPSA) is 23.6 Å². The molecule has 0 atom stereocenters. The van der Waals surface area contributed by atoms with Crippen LogP contribution >= 0.6 is 12.4 Å². The molecule has 0 radical (unpaired) electrons. The molecule has 146 valence electrons. The summed E-state index contributed by atoms with van der Waals surface area (Å²) >= 11 is 0. The SMILES string of the molecule is CCCC(=O)N(c1ccccc1)C1CCN(CCc2ccccc2)CC1.Cl. The summed E-state index contributed by atoms with van der Waals surface area (Å²) in [6.07, 6.45) is 4.74. The molecule has 0 unspecified atom stereocenters. The number of halogens is 1. The normalized spacial score (nSPS) is 15.1. The van der Waals surface area contributed by atoms with Crippen LogP contribution in [0.15, 0.2) is 60.7 Å². The zero-order valence-corrected chi connectivity index (χ0v) is 17.0. The minimum Gasteiger partial charge on any atom is -0.309 e. The van der Waals surface area contributed by atoms with E-state index in [0.29, 0.717) is 12.5 Å². The van der Waals surface area contributed by atoms with Crippen LogP contribution in [0.1, 0.15) is 38.2 Å². The Labute approximate surface area is 169 Å². The molecule has 27 heavy (non-hydrogen) atoms. The average molecular weight is 387 g/mol. The number of carbonyl (C=O) groups excluding carboxylic acids is 1. The number of hydrogen-bond donors (Lipinski definition) is 0. The lowest BCUT2D eigenvalue weighted by Gasteiger charge is -2.38. The van der Waals surface area contributed by atoms with E-state index < -0.39 is 0 Å². The summed E-state index contributed by atoms with van der Waals surface area (Å²) in [6, 6.07) is 21.2. The highest BCUT2D eigenvalue weighted by Crippen LogP contribution is 2.25. The summed E-state index contributed by atoms with van der Waals surface area (Å²) in [5.41, 5.74) is 2.45. The van der Waals surface area contributed by atoms with Crippen molar-refractivity contribution in [2.75, 3.05) is 24.5 Å². The van der Waals surface area contributed by atoms with Gasteiger partial charge in [-0.2, -0.15) is 0 Å². The molecule has 4 heteroatoms. The molecule has 1 aliphatic rings. The van der Waals surface area contributed by atoms with Crippen molar-refractivity contribution in [2.24, 2.45) is 0 Å². The Morgan fingerprint density at radius 1 is 1.00 bits per heavy atom. The van der Waals surface area contributed by atoms with E-state index in [9.17, 15) is 4.79 Å². The Balaban J connectivity index is 0.00000261. The Morgan fingerprint density at radius 2 is 1.59 bits per heavy atom. The van der Waals surface area contributed by atoms with Gasteiger partial charge in [0, 0.05) is 37.8 Å². The number of piperidine rings is 1. The molecule has 0 aromatic heterocycles. The van der Waals surface area contributed by atoms with Crippen LogP contribution in [0, 0.1) is 0 Å². The van der Waals surface area contributed by atoms with E-state index in [1.54, 1.807) is 0 Å². The van der Waals surface area contributed by atoms with E-state index in [1.165, 1.54) is 5.56 Å². The number of likely N-dealkylation sites (tertiary alicyclic amines) is 1. The van der Waals surface area contributed by atoms with Crippen LogP contribution in [0.25, 0.3) is 0 Å². The zero-order chi connectivity index (χ0) is 18.2. The number of hydrogen-bond acceptors (Lipinski definition) is 2. The summed E-state index contributed by atoms with van der Waals surface area (Å²) in [6.45, 7) is 5.32. The van der Waals surface area contributed by atoms with Crippen molar-refractivity contribution in [1.82, 2.24) is 4.90 Å². The first-order chi connectivity index (χ1) is 12.8. The van der Waals surface area contributed by atoms with Gasteiger partial charge in [-0.1, -0.05) is 55.5 Å². The first-order valence-electron chi connectivity index (χ1n) is 9.91. The highest BCUT2D eigenvalue weighted by atomic mass is 35.5. The van der Waals surface area contributed by atoms with Gasteiger partial charge in [0.2, 0.25) is 5.91 Å². The number of anilines is 1. The number of carbonyl (C=O) groups is 1. The third-order valence-electron chi connectivity index (χ3n) is 5.25. The second-order valence-electron chi connectivity index (χ2n) is 7.16. The molecular weight excluding hydrogens is 356 g/mol. The lowest BCUT2D eigenvalue weighted by molar-refractivity contribution is -0.119. The van der Waals surface area contributed by atoms with E-state index in [0.717, 1.165) is 51.0 Å². The monoisotopic (exact) mass is 386 g/mol. The van der Waals surface area contributed by atoms with Crippen LogP contribution in [-0.4, -0.2) is 36.5 Å². The average Bonchev–Trinajstić information content (AvgIpc) is 2.69. The van der Waals surface area contributed by atoms with Crippen LogP contribution in [0.5, 0.6) is 0 Å². The summed E-state index contributed by atoms with van der Waals surface area (Å²) in [5.74, 6) is 0.265. The minimum absolute atomic E-state index is 0. The molecule has 0 bridgehead atoms. The second-order valence-corrected chi connectivity index (χ2v) is 7.16. The van der Waals surface area contributed by atoms with Gasteiger partial charge < -0.3 is 9.80 Å². The molecule has 3 rings (SSSR count). The van der Waals surface area contributed by atoms with Gasteiger partial charge in [0.1, 0.15) is 0 Å². The third-order valence-corrected chi connectivity index (χ3v) is 5.25. The predicted octanol–water partition coefficient (Wildman–Crippen LogP) is 4.95. The van der Waals surface area contributed by atoms with Crippen molar-refractivity contribution in [3.63, 3.8) is 0 Å². The Bertz CT molecular complexity index is 669. The molecule has 1 heterocycles. The van der Waals surface area contributed by atoms with Gasteiger partial charge in [-0.3, -0.25) is 4.79 Å². The van der Waals surface area contributed by atoms with E-state index in [-0.39, 0.29) is 18.3 Å². The zero-order valence-electron chi connectivity index (χ0n) is 16.2. The van der Waals surface area contributed by atoms with Gasteiger partial charge in [0.05, 0.1) is 0 Å². The van der Waals surface area contributed by atoms with Crippen LogP contribution in [0.2, 0.25) is 0 Å². The predicted molar refractivity (Wildman–Crippen MR) is 116 cm³/mol. The second kappa shape index (κ2) is 11.1. The quantitative estimate of drug-likeness (QED) is 0.672. The molecule has 0 saturated carbocycles. The summed E-state index contributed by atoms with van der Waals surface area (Å²) < 4.78 is 0. The van der Waals surface area contributed by atoms with Gasteiger partial charge in [0.25, 0.3) is 0 Å². The first-order valence-corrected chi connectivity index (χ1v) is 9.91. The van der Waals surface area contributed by atoms with Gasteiger partial charge in [-0.15, -0.1) is 12.4 Å². The Hall–Kier alpha value is -1.84. The van der Waals surface area contributed by atoms with Gasteiger partial charge in [-0.25, -0.2) is 0 Å². The summed E-state index contributed by atoms with van der Waals surface area (Å²) in [5, 5.41) is 0. The Kier molecular flexibility index (Phi) is 8.83. The highest BCUT2D eigenvalue weighted by molar-refractivity contribution is 5.93. The van der Waals surface area contributed by atoms with Gasteiger partial charge in [0.15, 0.2) is 0 Å². The third kappa shape index (κ3) is 6.08. The standard InChI is InChI=1S/C23H30N2O.ClH/c1-2-9-23(26)25(21-12-7-4-8-13-21)22-15-18-24(19-16-22)17-14-20-10-5-3-6-11-20;/h3-8,10-13,22H,2,9,14-19H2,1H3;1H. The van der Waals surface area contributed by atoms with Gasteiger partial charge in [-0.05, 0) is 43.4 Å². The smallest absolute Gasteiger partial charge is 0.227 e. The lowest BCUT2D eigenvalue weighted by Crippen LogP contribution is -2.48. The minimum atomic E-state index is 0. The van der Waals surface area contributed by atoms with Crippen molar-refractivity contribution in [3.8, 4) is 0 Å². The highest BCUT2D eigenvalue weighted by Gasteiger charge is 2.28. The van der Waals surface area contributed by atoms with Crippen LogP contribution in [0.3, 0.4) is 0 Å². The number of nitrogens with zero attached hydrogens (tertiary/aromatic N) is 2. The number of rotatable bonds is 7. The molecule has 0 spiro atoms. The molecule has 1 amide bonds. The maximum Gasteiger partial charge on any atom is 0.227 e. The fourth-order valence-corrected chi connectivity index (χ4v) is 3.81. The van der Waals surface area contributed by atoms with Crippen LogP contribution < -0.4 is 4.90 Å². The number of benzene rings is 2. The number of para-hydroxylation sites is 1. The molecule has 0 aliphatic carbocycles. The fourth-order valence-electron chi connectivity index (χ4n) is 3.81. The van der Waals surface area contributed by atoms with Crippen LogP contribution in [-0.2, 0) is 11.2 Å². The molecule has 1 fully saturated rings. The fraction of sp³-hybridized carbons (Fsp3) is 0.435. The van der Waals surface area contributed by atoms with Crippen LogP contribution in [0.4, 0.5) is 5.69 Å². The molecular formula is C23H31ClN2O. The van der Waals surface area contributed by atoms with Crippen molar-refractivity contribution in [2.45, 2.75) is 45.1 Å². The molecule has 3 nitrogen and oxygen atoms in total. The van der Waals surface area contributed by atoms with E-state index in [1.807, 2.05) is 18.2 Å². The van der Waals surface area contributed by atoms with E-state index in [2.05, 4.69) is 59.2 Å². The molecule has 1 aliphatic heterocycles. The molecule has 0 N–H and O–H groups in total. The maximum atomic E-state index is 12.7. The molecule has 1 saturated heterocycles. The first kappa shape index (κ1) is 21.5. The van der Waals surface area contributed by atoms with Crippen molar-refractivity contribution in [3.05, 3.63) is 66.2 Å². The molecule has 2 aromatic rings. The summed E-state index contributed by atoms with van der Waals surface area (Å²) in [7, 11) is 0.